The molecule has 4 nitrogen and oxygen atoms in total. The fourth-order valence-corrected chi connectivity index (χ4v) is 6.07. The van der Waals surface area contributed by atoms with Gasteiger partial charge in [0.05, 0.1) is 11.8 Å². The van der Waals surface area contributed by atoms with E-state index in [1.165, 1.54) is 17.3 Å². The van der Waals surface area contributed by atoms with Crippen molar-refractivity contribution in [1.29, 1.82) is 0 Å². The third kappa shape index (κ3) is 4.38. The van der Waals surface area contributed by atoms with Crippen molar-refractivity contribution in [2.24, 2.45) is 0 Å². The Labute approximate surface area is 188 Å². The molecule has 0 bridgehead atoms. The van der Waals surface area contributed by atoms with E-state index in [4.69, 9.17) is 21.1 Å². The first kappa shape index (κ1) is 21.3. The number of fused-ring (bicyclic) bond motifs is 1. The van der Waals surface area contributed by atoms with Crippen LogP contribution in [0.5, 0.6) is 0 Å². The van der Waals surface area contributed by atoms with E-state index in [0.717, 1.165) is 75.4 Å². The van der Waals surface area contributed by atoms with Gasteiger partial charge in [-0.2, -0.15) is 0 Å². The zero-order valence-corrected chi connectivity index (χ0v) is 18.6. The molecule has 1 N–H and O–H groups in total. The molecule has 0 radical (unpaired) electrons. The smallest absolute Gasteiger partial charge is 0.141 e. The second kappa shape index (κ2) is 8.78. The molecule has 5 rings (SSSR count). The number of aromatic nitrogens is 1. The molecule has 2 atom stereocenters. The summed E-state index contributed by atoms with van der Waals surface area (Å²) in [6, 6.07) is 10.0. The monoisotopic (exact) mass is 444 g/mol. The number of nitrogens with zero attached hydrogens (tertiary/aromatic N) is 1. The minimum atomic E-state index is -0.287. The summed E-state index contributed by atoms with van der Waals surface area (Å²) in [5.41, 5.74) is 3.36. The molecular formula is C25H30ClFN2O2. The number of nitrogens with one attached hydrogen (secondary N) is 1. The summed E-state index contributed by atoms with van der Waals surface area (Å²) in [6.45, 7) is 3.09. The average Bonchev–Trinajstić information content (AvgIpc) is 3.19. The van der Waals surface area contributed by atoms with Gasteiger partial charge < -0.3 is 14.8 Å². The molecule has 0 unspecified atom stereocenters. The van der Waals surface area contributed by atoms with Crippen LogP contribution in [-0.4, -0.2) is 43.0 Å². The zero-order chi connectivity index (χ0) is 21.3. The summed E-state index contributed by atoms with van der Waals surface area (Å²) in [5, 5.41) is 4.65. The zero-order valence-electron chi connectivity index (χ0n) is 17.8. The summed E-state index contributed by atoms with van der Waals surface area (Å²) in [4.78, 5) is 4.54. The summed E-state index contributed by atoms with van der Waals surface area (Å²) < 4.78 is 25.6. The summed E-state index contributed by atoms with van der Waals surface area (Å²) in [5.74, 6) is -0.287. The maximum Gasteiger partial charge on any atom is 0.141 e. The van der Waals surface area contributed by atoms with Gasteiger partial charge in [-0.15, -0.1) is 0 Å². The largest absolute Gasteiger partial charge is 0.381 e. The highest BCUT2D eigenvalue weighted by molar-refractivity contribution is 6.31. The Balaban J connectivity index is 1.31. The number of pyridine rings is 1. The van der Waals surface area contributed by atoms with Gasteiger partial charge in [0.15, 0.2) is 0 Å². The number of hydrogen-bond acceptors (Lipinski definition) is 4. The standard InChI is InChI=1S/C25H30ClFN2O2/c26-22-3-1-2-18-14-20(15-21(18)22)28-10-6-24(23-5-4-19(27)16-29-23)7-13-31-25(17-24)8-11-30-12-9-25/h1-5,16,20,28H,6-15,17H2/t20-,24-/m1/s1. The topological polar surface area (TPSA) is 43.4 Å². The van der Waals surface area contributed by atoms with Crippen LogP contribution in [-0.2, 0) is 27.7 Å². The Hall–Kier alpha value is -1.53. The predicted octanol–water partition coefficient (Wildman–Crippen LogP) is 4.62. The molecule has 1 aromatic carbocycles. The van der Waals surface area contributed by atoms with Gasteiger partial charge in [-0.3, -0.25) is 4.98 Å². The van der Waals surface area contributed by atoms with E-state index < -0.39 is 0 Å². The van der Waals surface area contributed by atoms with Crippen molar-refractivity contribution in [2.75, 3.05) is 26.4 Å². The first-order chi connectivity index (χ1) is 15.1. The Morgan fingerprint density at radius 1 is 1.10 bits per heavy atom. The fourth-order valence-electron chi connectivity index (χ4n) is 5.80. The average molecular weight is 445 g/mol. The molecule has 1 aromatic heterocycles. The van der Waals surface area contributed by atoms with E-state index >= 15 is 0 Å². The summed E-state index contributed by atoms with van der Waals surface area (Å²) >= 11 is 6.40. The van der Waals surface area contributed by atoms with Crippen LogP contribution in [0.1, 0.15) is 48.9 Å². The van der Waals surface area contributed by atoms with E-state index in [9.17, 15) is 4.39 Å². The molecule has 1 aliphatic carbocycles. The van der Waals surface area contributed by atoms with E-state index in [-0.39, 0.29) is 16.8 Å². The third-order valence-electron chi connectivity index (χ3n) is 7.49. The van der Waals surface area contributed by atoms with Crippen LogP contribution >= 0.6 is 11.6 Å². The maximum absolute atomic E-state index is 13.6. The van der Waals surface area contributed by atoms with E-state index in [1.807, 2.05) is 18.2 Å². The molecule has 1 spiro atoms. The van der Waals surface area contributed by atoms with E-state index in [0.29, 0.717) is 12.6 Å². The second-order valence-corrected chi connectivity index (χ2v) is 9.81. The highest BCUT2D eigenvalue weighted by Crippen LogP contribution is 2.47. The van der Waals surface area contributed by atoms with Crippen LogP contribution in [0.3, 0.4) is 0 Å². The number of ether oxygens (including phenoxy) is 2. The van der Waals surface area contributed by atoms with Crippen LogP contribution < -0.4 is 5.32 Å². The number of halogens is 2. The van der Waals surface area contributed by atoms with Crippen LogP contribution in [0.2, 0.25) is 5.02 Å². The summed E-state index contributed by atoms with van der Waals surface area (Å²) in [6.07, 6.45) is 7.96. The Kier molecular flexibility index (Phi) is 6.04. The molecular weight excluding hydrogens is 415 g/mol. The van der Waals surface area contributed by atoms with Crippen molar-refractivity contribution in [2.45, 2.75) is 62.0 Å². The van der Waals surface area contributed by atoms with Crippen molar-refractivity contribution in [3.8, 4) is 0 Å². The lowest BCUT2D eigenvalue weighted by atomic mass is 9.66. The van der Waals surface area contributed by atoms with Crippen molar-refractivity contribution >= 4 is 11.6 Å². The summed E-state index contributed by atoms with van der Waals surface area (Å²) in [7, 11) is 0. The molecule has 166 valence electrons. The van der Waals surface area contributed by atoms with E-state index in [2.05, 4.69) is 16.4 Å². The maximum atomic E-state index is 13.6. The van der Waals surface area contributed by atoms with Crippen molar-refractivity contribution in [3.63, 3.8) is 0 Å². The number of benzene rings is 1. The molecule has 3 aliphatic rings. The van der Waals surface area contributed by atoms with E-state index in [1.54, 1.807) is 6.07 Å². The molecule has 0 saturated carbocycles. The third-order valence-corrected chi connectivity index (χ3v) is 7.85. The van der Waals surface area contributed by atoms with Gasteiger partial charge in [-0.25, -0.2) is 4.39 Å². The minimum Gasteiger partial charge on any atom is -0.381 e. The normalized spacial score (nSPS) is 27.4. The quantitative estimate of drug-likeness (QED) is 0.730. The van der Waals surface area contributed by atoms with Crippen LogP contribution in [0.4, 0.5) is 4.39 Å². The minimum absolute atomic E-state index is 0.112. The lowest BCUT2D eigenvalue weighted by molar-refractivity contribution is -0.154. The Morgan fingerprint density at radius 2 is 1.97 bits per heavy atom. The molecule has 2 aliphatic heterocycles. The molecule has 31 heavy (non-hydrogen) atoms. The van der Waals surface area contributed by atoms with Crippen molar-refractivity contribution < 1.29 is 13.9 Å². The molecule has 2 saturated heterocycles. The van der Waals surface area contributed by atoms with Crippen molar-refractivity contribution in [3.05, 3.63) is 64.2 Å². The molecule has 2 aromatic rings. The molecule has 0 amide bonds. The SMILES string of the molecule is Fc1ccc([C@]2(CCN[C@@H]3Cc4cccc(Cl)c4C3)CCOC3(CCOCC3)C2)nc1. The van der Waals surface area contributed by atoms with Crippen LogP contribution in [0.25, 0.3) is 0 Å². The van der Waals surface area contributed by atoms with Crippen molar-refractivity contribution in [1.82, 2.24) is 10.3 Å². The predicted molar refractivity (Wildman–Crippen MR) is 119 cm³/mol. The van der Waals surface area contributed by atoms with Gasteiger partial charge >= 0.3 is 0 Å². The second-order valence-electron chi connectivity index (χ2n) is 9.40. The van der Waals surface area contributed by atoms with Gasteiger partial charge in [0.25, 0.3) is 0 Å². The van der Waals surface area contributed by atoms with Gasteiger partial charge in [0.2, 0.25) is 0 Å². The van der Waals surface area contributed by atoms with Gasteiger partial charge in [0, 0.05) is 42.0 Å². The Bertz CT molecular complexity index is 911. The van der Waals surface area contributed by atoms with Crippen LogP contribution in [0, 0.1) is 5.82 Å². The molecule has 3 heterocycles. The first-order valence-corrected chi connectivity index (χ1v) is 11.8. The molecule has 6 heteroatoms. The van der Waals surface area contributed by atoms with Crippen LogP contribution in [0.15, 0.2) is 36.5 Å². The number of hydrogen-bond donors (Lipinski definition) is 1. The Morgan fingerprint density at radius 3 is 2.74 bits per heavy atom. The highest BCUT2D eigenvalue weighted by atomic mass is 35.5. The molecule has 2 fully saturated rings. The van der Waals surface area contributed by atoms with Gasteiger partial charge in [0.1, 0.15) is 5.82 Å². The fraction of sp³-hybridized carbons (Fsp3) is 0.560. The van der Waals surface area contributed by atoms with Gasteiger partial charge in [-0.1, -0.05) is 23.7 Å². The lowest BCUT2D eigenvalue weighted by Gasteiger charge is -2.49. The highest BCUT2D eigenvalue weighted by Gasteiger charge is 2.48. The van der Waals surface area contributed by atoms with Gasteiger partial charge in [-0.05, 0) is 80.8 Å². The lowest BCUT2D eigenvalue weighted by Crippen LogP contribution is -2.51. The number of rotatable bonds is 5. The first-order valence-electron chi connectivity index (χ1n) is 11.4.